The molecule has 0 radical (unpaired) electrons. The van der Waals surface area contributed by atoms with Gasteiger partial charge in [0, 0.05) is 36.1 Å². The fraction of sp³-hybridized carbons (Fsp3) is 0.308. The number of anilines is 1. The topological polar surface area (TPSA) is 47.1 Å². The highest BCUT2D eigenvalue weighted by molar-refractivity contribution is 9.10. The molecule has 0 aliphatic rings. The molecule has 96 valence electrons. The predicted octanol–water partition coefficient (Wildman–Crippen LogP) is 2.40. The number of hydrogen-bond donors (Lipinski definition) is 1. The van der Waals surface area contributed by atoms with Gasteiger partial charge in [-0.3, -0.25) is 4.90 Å². The number of nitrogens with two attached hydrogens (primary N) is 1. The van der Waals surface area contributed by atoms with E-state index in [1.54, 1.807) is 0 Å². The van der Waals surface area contributed by atoms with E-state index in [4.69, 9.17) is 5.73 Å². The van der Waals surface area contributed by atoms with E-state index in [1.807, 2.05) is 42.2 Å². The summed E-state index contributed by atoms with van der Waals surface area (Å²) in [5, 5.41) is 0. The SMILES string of the molecule is CN(Cc1ccc(Br)cc1N)Cc1nccn1C. The monoisotopic (exact) mass is 308 g/mol. The van der Waals surface area contributed by atoms with Gasteiger partial charge in [-0.05, 0) is 24.7 Å². The molecule has 2 rings (SSSR count). The Kier molecular flexibility index (Phi) is 4.04. The molecule has 4 nitrogen and oxygen atoms in total. The van der Waals surface area contributed by atoms with Crippen molar-refractivity contribution in [3.05, 3.63) is 46.5 Å². The third-order valence-electron chi connectivity index (χ3n) is 2.88. The summed E-state index contributed by atoms with van der Waals surface area (Å²) in [4.78, 5) is 6.51. The van der Waals surface area contributed by atoms with Crippen LogP contribution < -0.4 is 5.73 Å². The van der Waals surface area contributed by atoms with Gasteiger partial charge in [-0.2, -0.15) is 0 Å². The number of halogens is 1. The second-order valence-corrected chi connectivity index (χ2v) is 5.39. The molecule has 2 aromatic rings. The van der Waals surface area contributed by atoms with Gasteiger partial charge >= 0.3 is 0 Å². The van der Waals surface area contributed by atoms with Crippen molar-refractivity contribution in [1.29, 1.82) is 0 Å². The first-order valence-corrected chi connectivity index (χ1v) is 6.54. The smallest absolute Gasteiger partial charge is 0.122 e. The quantitative estimate of drug-likeness (QED) is 0.882. The first-order chi connectivity index (χ1) is 8.56. The van der Waals surface area contributed by atoms with Crippen LogP contribution in [-0.2, 0) is 20.1 Å². The van der Waals surface area contributed by atoms with Gasteiger partial charge in [0.1, 0.15) is 5.82 Å². The summed E-state index contributed by atoms with van der Waals surface area (Å²) in [7, 11) is 4.07. The van der Waals surface area contributed by atoms with Crippen molar-refractivity contribution in [3.8, 4) is 0 Å². The lowest BCUT2D eigenvalue weighted by atomic mass is 10.2. The zero-order chi connectivity index (χ0) is 13.1. The molecule has 0 saturated heterocycles. The zero-order valence-corrected chi connectivity index (χ0v) is 12.2. The molecular formula is C13H17BrN4. The normalized spacial score (nSPS) is 11.1. The maximum absolute atomic E-state index is 6.00. The Morgan fingerprint density at radius 3 is 2.78 bits per heavy atom. The third kappa shape index (κ3) is 3.11. The predicted molar refractivity (Wildman–Crippen MR) is 76.9 cm³/mol. The van der Waals surface area contributed by atoms with Gasteiger partial charge in [0.05, 0.1) is 6.54 Å². The lowest BCUT2D eigenvalue weighted by Gasteiger charge is -2.17. The molecule has 0 saturated carbocycles. The number of nitrogen functional groups attached to an aromatic ring is 1. The van der Waals surface area contributed by atoms with Crippen molar-refractivity contribution in [2.45, 2.75) is 13.1 Å². The number of imidazole rings is 1. The van der Waals surface area contributed by atoms with Gasteiger partial charge in [-0.15, -0.1) is 0 Å². The summed E-state index contributed by atoms with van der Waals surface area (Å²) in [5.41, 5.74) is 7.95. The molecule has 0 bridgehead atoms. The number of rotatable bonds is 4. The van der Waals surface area contributed by atoms with Crippen LogP contribution in [-0.4, -0.2) is 21.5 Å². The number of hydrogen-bond acceptors (Lipinski definition) is 3. The Morgan fingerprint density at radius 2 is 2.17 bits per heavy atom. The van der Waals surface area contributed by atoms with E-state index in [0.717, 1.165) is 34.6 Å². The van der Waals surface area contributed by atoms with E-state index in [9.17, 15) is 0 Å². The molecule has 0 aliphatic carbocycles. The number of aromatic nitrogens is 2. The fourth-order valence-electron chi connectivity index (χ4n) is 1.85. The molecule has 0 amide bonds. The standard InChI is InChI=1S/C13H17BrN4/c1-17(9-13-16-5-6-18(13)2)8-10-3-4-11(14)7-12(10)15/h3-7H,8-9,15H2,1-2H3. The summed E-state index contributed by atoms with van der Waals surface area (Å²) >= 11 is 3.41. The van der Waals surface area contributed by atoms with Gasteiger partial charge in [-0.1, -0.05) is 22.0 Å². The van der Waals surface area contributed by atoms with Gasteiger partial charge in [-0.25, -0.2) is 4.98 Å². The van der Waals surface area contributed by atoms with Crippen molar-refractivity contribution in [2.75, 3.05) is 12.8 Å². The Hall–Kier alpha value is -1.33. The van der Waals surface area contributed by atoms with Crippen molar-refractivity contribution >= 4 is 21.6 Å². The zero-order valence-electron chi connectivity index (χ0n) is 10.6. The van der Waals surface area contributed by atoms with Crippen molar-refractivity contribution in [3.63, 3.8) is 0 Å². The Balaban J connectivity index is 2.03. The van der Waals surface area contributed by atoms with Crippen molar-refractivity contribution < 1.29 is 0 Å². The molecule has 1 aromatic heterocycles. The van der Waals surface area contributed by atoms with Crippen LogP contribution in [0.15, 0.2) is 35.1 Å². The van der Waals surface area contributed by atoms with Crippen LogP contribution in [0, 0.1) is 0 Å². The van der Waals surface area contributed by atoms with Crippen LogP contribution in [0.5, 0.6) is 0 Å². The minimum Gasteiger partial charge on any atom is -0.398 e. The maximum atomic E-state index is 6.00. The van der Waals surface area contributed by atoms with Gasteiger partial charge in [0.2, 0.25) is 0 Å². The van der Waals surface area contributed by atoms with E-state index in [1.165, 1.54) is 0 Å². The van der Waals surface area contributed by atoms with Crippen LogP contribution in [0.4, 0.5) is 5.69 Å². The largest absolute Gasteiger partial charge is 0.398 e. The minimum absolute atomic E-state index is 0.805. The summed E-state index contributed by atoms with van der Waals surface area (Å²) < 4.78 is 3.04. The van der Waals surface area contributed by atoms with Crippen molar-refractivity contribution in [1.82, 2.24) is 14.5 Å². The van der Waals surface area contributed by atoms with Crippen LogP contribution in [0.25, 0.3) is 0 Å². The first kappa shape index (κ1) is 13.1. The summed E-state index contributed by atoms with van der Waals surface area (Å²) in [6, 6.07) is 6.00. The Bertz CT molecular complexity index is 536. The van der Waals surface area contributed by atoms with Crippen LogP contribution >= 0.6 is 15.9 Å². The Morgan fingerprint density at radius 1 is 1.39 bits per heavy atom. The van der Waals surface area contributed by atoms with E-state index in [-0.39, 0.29) is 0 Å². The molecule has 0 unspecified atom stereocenters. The Labute approximate surface area is 116 Å². The highest BCUT2D eigenvalue weighted by Gasteiger charge is 2.07. The van der Waals surface area contributed by atoms with Gasteiger partial charge in [0.15, 0.2) is 0 Å². The molecule has 1 heterocycles. The molecule has 0 fully saturated rings. The van der Waals surface area contributed by atoms with Crippen LogP contribution in [0.2, 0.25) is 0 Å². The minimum atomic E-state index is 0.805. The molecule has 0 spiro atoms. The molecule has 2 N–H and O–H groups in total. The first-order valence-electron chi connectivity index (χ1n) is 5.75. The fourth-order valence-corrected chi connectivity index (χ4v) is 2.23. The lowest BCUT2D eigenvalue weighted by molar-refractivity contribution is 0.307. The van der Waals surface area contributed by atoms with Crippen LogP contribution in [0.3, 0.4) is 0 Å². The lowest BCUT2D eigenvalue weighted by Crippen LogP contribution is -2.20. The number of aryl methyl sites for hydroxylation is 1. The highest BCUT2D eigenvalue weighted by atomic mass is 79.9. The summed E-state index contributed by atoms with van der Waals surface area (Å²) in [6.07, 6.45) is 3.77. The summed E-state index contributed by atoms with van der Waals surface area (Å²) in [5.74, 6) is 1.05. The van der Waals surface area contributed by atoms with Crippen molar-refractivity contribution in [2.24, 2.45) is 7.05 Å². The molecule has 18 heavy (non-hydrogen) atoms. The van der Waals surface area contributed by atoms with E-state index in [0.29, 0.717) is 0 Å². The maximum Gasteiger partial charge on any atom is 0.122 e. The molecule has 5 heteroatoms. The molecular weight excluding hydrogens is 292 g/mol. The van der Waals surface area contributed by atoms with E-state index < -0.39 is 0 Å². The summed E-state index contributed by atoms with van der Waals surface area (Å²) in [6.45, 7) is 1.62. The molecule has 1 aromatic carbocycles. The second kappa shape index (κ2) is 5.54. The van der Waals surface area contributed by atoms with E-state index >= 15 is 0 Å². The second-order valence-electron chi connectivity index (χ2n) is 4.47. The van der Waals surface area contributed by atoms with Crippen LogP contribution in [0.1, 0.15) is 11.4 Å². The molecule has 0 aliphatic heterocycles. The number of nitrogens with zero attached hydrogens (tertiary/aromatic N) is 3. The average molecular weight is 309 g/mol. The highest BCUT2D eigenvalue weighted by Crippen LogP contribution is 2.20. The molecule has 0 atom stereocenters. The number of benzene rings is 1. The van der Waals surface area contributed by atoms with Gasteiger partial charge in [0.25, 0.3) is 0 Å². The third-order valence-corrected chi connectivity index (χ3v) is 3.37. The van der Waals surface area contributed by atoms with Gasteiger partial charge < -0.3 is 10.3 Å². The average Bonchev–Trinajstić information content (AvgIpc) is 2.69. The van der Waals surface area contributed by atoms with E-state index in [2.05, 4.69) is 32.9 Å².